The van der Waals surface area contributed by atoms with Crippen LogP contribution in [0.5, 0.6) is 0 Å². The molecule has 0 radical (unpaired) electrons. The molecule has 2 N–H and O–H groups in total. The Morgan fingerprint density at radius 2 is 1.90 bits per heavy atom. The molecule has 0 spiro atoms. The summed E-state index contributed by atoms with van der Waals surface area (Å²) in [6.45, 7) is 5.49. The van der Waals surface area contributed by atoms with Crippen molar-refractivity contribution < 1.29 is 0 Å². The number of aryl methyl sites for hydroxylation is 1. The van der Waals surface area contributed by atoms with Crippen molar-refractivity contribution in [1.29, 1.82) is 0 Å². The number of anilines is 2. The van der Waals surface area contributed by atoms with Gasteiger partial charge < -0.3 is 10.6 Å². The highest BCUT2D eigenvalue weighted by Gasteiger charge is 2.05. The van der Waals surface area contributed by atoms with Crippen molar-refractivity contribution >= 4 is 23.5 Å². The Hall–Kier alpha value is -1.95. The van der Waals surface area contributed by atoms with E-state index in [1.54, 1.807) is 6.20 Å². The molecule has 0 saturated carbocycles. The molecular formula is C13H17ClN6. The van der Waals surface area contributed by atoms with Gasteiger partial charge in [0.15, 0.2) is 0 Å². The maximum absolute atomic E-state index is 5.89. The van der Waals surface area contributed by atoms with Crippen LogP contribution in [0.25, 0.3) is 0 Å². The molecule has 0 bridgehead atoms. The summed E-state index contributed by atoms with van der Waals surface area (Å²) in [6.07, 6.45) is 4.58. The van der Waals surface area contributed by atoms with Crippen LogP contribution in [0.2, 0.25) is 5.28 Å². The Balaban J connectivity index is 2.05. The molecule has 6 nitrogen and oxygen atoms in total. The topological polar surface area (TPSA) is 75.6 Å². The Kier molecular flexibility index (Phi) is 5.06. The lowest BCUT2D eigenvalue weighted by atomic mass is 10.2. The van der Waals surface area contributed by atoms with Gasteiger partial charge in [-0.1, -0.05) is 6.92 Å². The lowest BCUT2D eigenvalue weighted by molar-refractivity contribution is 0.931. The van der Waals surface area contributed by atoms with Crippen LogP contribution >= 0.6 is 11.6 Å². The van der Waals surface area contributed by atoms with E-state index in [0.29, 0.717) is 18.4 Å². The van der Waals surface area contributed by atoms with Gasteiger partial charge in [0.2, 0.25) is 17.2 Å². The average Bonchev–Trinajstić information content (AvgIpc) is 2.44. The lowest BCUT2D eigenvalue weighted by Gasteiger charge is -2.09. The van der Waals surface area contributed by atoms with Gasteiger partial charge in [-0.2, -0.15) is 15.0 Å². The predicted molar refractivity (Wildman–Crippen MR) is 79.9 cm³/mol. The third-order valence-electron chi connectivity index (χ3n) is 2.73. The summed E-state index contributed by atoms with van der Waals surface area (Å²) in [5.74, 6) is 0.934. The summed E-state index contributed by atoms with van der Waals surface area (Å²) in [5, 5.41) is 6.39. The first kappa shape index (κ1) is 14.5. The molecule has 0 amide bonds. The van der Waals surface area contributed by atoms with E-state index in [-0.39, 0.29) is 5.28 Å². The Morgan fingerprint density at radius 1 is 1.15 bits per heavy atom. The molecule has 20 heavy (non-hydrogen) atoms. The predicted octanol–water partition coefficient (Wildman–Crippen LogP) is 2.66. The van der Waals surface area contributed by atoms with Crippen molar-refractivity contribution in [1.82, 2.24) is 19.9 Å². The zero-order valence-corrected chi connectivity index (χ0v) is 12.3. The normalized spacial score (nSPS) is 10.3. The minimum Gasteiger partial charge on any atom is -0.354 e. The standard InChI is InChI=1S/C13H17ClN6/c1-3-5-16-12-18-11(14)19-13(20-12)17-8-10-7-15-6-4-9(10)2/h4,6-7H,3,5,8H2,1-2H3,(H2,16,17,18,19,20). The number of hydrogen-bond donors (Lipinski definition) is 2. The monoisotopic (exact) mass is 292 g/mol. The second-order valence-electron chi connectivity index (χ2n) is 4.33. The van der Waals surface area contributed by atoms with Crippen LogP contribution in [-0.4, -0.2) is 26.5 Å². The van der Waals surface area contributed by atoms with Gasteiger partial charge in [-0.25, -0.2) is 0 Å². The van der Waals surface area contributed by atoms with Gasteiger partial charge in [-0.05, 0) is 42.1 Å². The molecule has 0 saturated heterocycles. The second kappa shape index (κ2) is 7.00. The van der Waals surface area contributed by atoms with Gasteiger partial charge in [-0.3, -0.25) is 4.98 Å². The van der Waals surface area contributed by atoms with Crippen molar-refractivity contribution in [3.63, 3.8) is 0 Å². The van der Waals surface area contributed by atoms with E-state index in [1.165, 1.54) is 0 Å². The molecule has 0 aromatic carbocycles. The number of nitrogens with zero attached hydrogens (tertiary/aromatic N) is 4. The largest absolute Gasteiger partial charge is 0.354 e. The fraction of sp³-hybridized carbons (Fsp3) is 0.385. The number of halogens is 1. The molecule has 2 rings (SSSR count). The Morgan fingerprint density at radius 3 is 2.60 bits per heavy atom. The van der Waals surface area contributed by atoms with E-state index in [1.807, 2.05) is 19.2 Å². The van der Waals surface area contributed by atoms with Crippen LogP contribution in [0, 0.1) is 6.92 Å². The fourth-order valence-corrected chi connectivity index (χ4v) is 1.76. The van der Waals surface area contributed by atoms with Crippen LogP contribution in [-0.2, 0) is 6.54 Å². The van der Waals surface area contributed by atoms with E-state index in [2.05, 4.69) is 37.5 Å². The number of pyridine rings is 1. The van der Waals surface area contributed by atoms with Crippen molar-refractivity contribution in [2.75, 3.05) is 17.2 Å². The van der Waals surface area contributed by atoms with Crippen molar-refractivity contribution in [2.24, 2.45) is 0 Å². The van der Waals surface area contributed by atoms with Crippen LogP contribution in [0.15, 0.2) is 18.5 Å². The van der Waals surface area contributed by atoms with Crippen molar-refractivity contribution in [2.45, 2.75) is 26.8 Å². The maximum Gasteiger partial charge on any atom is 0.229 e. The minimum absolute atomic E-state index is 0.170. The van der Waals surface area contributed by atoms with Crippen molar-refractivity contribution in [3.05, 3.63) is 34.9 Å². The van der Waals surface area contributed by atoms with E-state index < -0.39 is 0 Å². The first-order chi connectivity index (χ1) is 9.69. The molecule has 106 valence electrons. The zero-order chi connectivity index (χ0) is 14.4. The highest BCUT2D eigenvalue weighted by molar-refractivity contribution is 6.28. The highest BCUT2D eigenvalue weighted by Crippen LogP contribution is 2.12. The van der Waals surface area contributed by atoms with E-state index in [0.717, 1.165) is 24.1 Å². The molecule has 0 atom stereocenters. The first-order valence-electron chi connectivity index (χ1n) is 6.48. The SMILES string of the molecule is CCCNc1nc(Cl)nc(NCc2cnccc2C)n1. The first-order valence-corrected chi connectivity index (χ1v) is 6.85. The molecule has 2 aromatic heterocycles. The average molecular weight is 293 g/mol. The maximum atomic E-state index is 5.89. The Labute approximate surface area is 123 Å². The third kappa shape index (κ3) is 4.03. The van der Waals surface area contributed by atoms with Gasteiger partial charge in [0, 0.05) is 25.5 Å². The Bertz CT molecular complexity index is 575. The molecular weight excluding hydrogens is 276 g/mol. The molecule has 2 aromatic rings. The van der Waals surface area contributed by atoms with E-state index in [4.69, 9.17) is 11.6 Å². The van der Waals surface area contributed by atoms with Gasteiger partial charge >= 0.3 is 0 Å². The zero-order valence-electron chi connectivity index (χ0n) is 11.5. The van der Waals surface area contributed by atoms with Crippen LogP contribution in [0.3, 0.4) is 0 Å². The summed E-state index contributed by atoms with van der Waals surface area (Å²) in [7, 11) is 0. The molecule has 0 fully saturated rings. The fourth-order valence-electron chi connectivity index (χ4n) is 1.60. The number of nitrogens with one attached hydrogen (secondary N) is 2. The van der Waals surface area contributed by atoms with Crippen LogP contribution < -0.4 is 10.6 Å². The molecule has 7 heteroatoms. The molecule has 0 unspecified atom stereocenters. The lowest BCUT2D eigenvalue weighted by Crippen LogP contribution is -2.10. The number of hydrogen-bond acceptors (Lipinski definition) is 6. The molecule has 0 aliphatic heterocycles. The smallest absolute Gasteiger partial charge is 0.229 e. The summed E-state index contributed by atoms with van der Waals surface area (Å²) < 4.78 is 0. The number of aromatic nitrogens is 4. The minimum atomic E-state index is 0.170. The van der Waals surface area contributed by atoms with Gasteiger partial charge in [0.05, 0.1) is 0 Å². The highest BCUT2D eigenvalue weighted by atomic mass is 35.5. The quantitative estimate of drug-likeness (QED) is 0.852. The van der Waals surface area contributed by atoms with Gasteiger partial charge in [0.25, 0.3) is 0 Å². The number of rotatable bonds is 6. The summed E-state index contributed by atoms with van der Waals surface area (Å²) in [4.78, 5) is 16.5. The van der Waals surface area contributed by atoms with Crippen LogP contribution in [0.4, 0.5) is 11.9 Å². The van der Waals surface area contributed by atoms with Crippen molar-refractivity contribution in [3.8, 4) is 0 Å². The van der Waals surface area contributed by atoms with Crippen LogP contribution in [0.1, 0.15) is 24.5 Å². The third-order valence-corrected chi connectivity index (χ3v) is 2.89. The summed E-state index contributed by atoms with van der Waals surface area (Å²) in [6, 6.07) is 1.96. The van der Waals surface area contributed by atoms with Gasteiger partial charge in [0.1, 0.15) is 0 Å². The summed E-state index contributed by atoms with van der Waals surface area (Å²) >= 11 is 5.89. The van der Waals surface area contributed by atoms with Gasteiger partial charge in [-0.15, -0.1) is 0 Å². The summed E-state index contributed by atoms with van der Waals surface area (Å²) in [5.41, 5.74) is 2.25. The van der Waals surface area contributed by atoms with E-state index in [9.17, 15) is 0 Å². The molecule has 0 aliphatic rings. The second-order valence-corrected chi connectivity index (χ2v) is 4.67. The van der Waals surface area contributed by atoms with E-state index >= 15 is 0 Å². The molecule has 2 heterocycles. The molecule has 0 aliphatic carbocycles.